The third-order valence-electron chi connectivity index (χ3n) is 5.79. The molecular formula is C28H24AgCl2N2O4. The molecule has 0 amide bonds. The first-order valence-corrected chi connectivity index (χ1v) is 12.8. The molecule has 2 heterocycles. The summed E-state index contributed by atoms with van der Waals surface area (Å²) in [5, 5.41) is 11.5. The fourth-order valence-corrected chi connectivity index (χ4v) is 5.50. The van der Waals surface area contributed by atoms with E-state index in [1.54, 1.807) is 0 Å². The predicted molar refractivity (Wildman–Crippen MR) is 143 cm³/mol. The minimum absolute atomic E-state index is 0.369. The van der Waals surface area contributed by atoms with Gasteiger partial charge in [0, 0.05) is 6.92 Å². The molecule has 0 bridgehead atoms. The Morgan fingerprint density at radius 3 is 2.24 bits per heavy atom. The summed E-state index contributed by atoms with van der Waals surface area (Å²) in [6.45, 7) is 5.96. The summed E-state index contributed by atoms with van der Waals surface area (Å²) in [6.07, 6.45) is 0. The van der Waals surface area contributed by atoms with Crippen LogP contribution in [-0.4, -0.2) is 20.2 Å². The van der Waals surface area contributed by atoms with Gasteiger partial charge in [0.05, 0.1) is 0 Å². The molecule has 0 aliphatic heterocycles. The number of carboxylic acids is 1. The van der Waals surface area contributed by atoms with Crippen LogP contribution in [0.3, 0.4) is 0 Å². The Morgan fingerprint density at radius 2 is 1.57 bits per heavy atom. The van der Waals surface area contributed by atoms with Crippen molar-refractivity contribution in [3.8, 4) is 0 Å². The summed E-state index contributed by atoms with van der Waals surface area (Å²) in [5.74, 6) is -0.833. The van der Waals surface area contributed by atoms with Crippen molar-refractivity contribution < 1.29 is 34.9 Å². The molecule has 6 nitrogen and oxygen atoms in total. The number of fused-ring (bicyclic) bond motifs is 2. The zero-order valence-electron chi connectivity index (χ0n) is 20.3. The van der Waals surface area contributed by atoms with Crippen molar-refractivity contribution in [2.24, 2.45) is 0 Å². The van der Waals surface area contributed by atoms with E-state index in [0.717, 1.165) is 34.6 Å². The summed E-state index contributed by atoms with van der Waals surface area (Å²) in [7, 11) is 0. The van der Waals surface area contributed by atoms with Gasteiger partial charge in [-0.15, -0.1) is 0 Å². The molecule has 1 N–H and O–H groups in total. The molecule has 9 heteroatoms. The van der Waals surface area contributed by atoms with Gasteiger partial charge in [-0.05, 0) is 0 Å². The molecule has 0 saturated carbocycles. The molecule has 0 saturated heterocycles. The van der Waals surface area contributed by atoms with E-state index >= 15 is 0 Å². The van der Waals surface area contributed by atoms with Crippen molar-refractivity contribution >= 4 is 50.9 Å². The van der Waals surface area contributed by atoms with Crippen molar-refractivity contribution in [2.45, 2.75) is 33.9 Å². The molecular weight excluding hydrogens is 607 g/mol. The number of hydrogen-bond acceptors (Lipinski definition) is 3. The first kappa shape index (κ1) is 27.2. The van der Waals surface area contributed by atoms with Crippen LogP contribution in [0.25, 0.3) is 21.7 Å². The number of rotatable bonds is 4. The van der Waals surface area contributed by atoms with Crippen molar-refractivity contribution in [1.29, 1.82) is 0 Å². The van der Waals surface area contributed by atoms with Crippen molar-refractivity contribution in [3.05, 3.63) is 107 Å². The van der Waals surface area contributed by atoms with Gasteiger partial charge in [0.1, 0.15) is 0 Å². The SMILES string of the molecule is CC(=O)O.Cc1cc(C)c2oc(=O)cc(Cn3c(Cl)c(Cl)n(Cc4ccc5ccccc5c4)[c]3=[Ag])c2c1. The topological polar surface area (TPSA) is 77.4 Å². The van der Waals surface area contributed by atoms with Gasteiger partial charge in [-0.25, -0.2) is 0 Å². The molecule has 0 aliphatic rings. The number of aryl methyl sites for hydroxylation is 2. The predicted octanol–water partition coefficient (Wildman–Crippen LogP) is 6.74. The van der Waals surface area contributed by atoms with Crippen molar-refractivity contribution in [1.82, 2.24) is 9.13 Å². The molecule has 3 aromatic carbocycles. The maximum absolute atomic E-state index is 12.3. The zero-order valence-corrected chi connectivity index (χ0v) is 23.3. The van der Waals surface area contributed by atoms with Crippen LogP contribution >= 0.6 is 23.2 Å². The monoisotopic (exact) mass is 629 g/mol. The van der Waals surface area contributed by atoms with Crippen LogP contribution in [0.4, 0.5) is 0 Å². The van der Waals surface area contributed by atoms with Gasteiger partial charge < -0.3 is 5.11 Å². The third-order valence-corrected chi connectivity index (χ3v) is 7.45. The number of nitrogens with zero attached hydrogens (tertiary/aromatic N) is 2. The number of imidazole rings is 1. The number of hydrogen-bond donors (Lipinski definition) is 1. The molecule has 37 heavy (non-hydrogen) atoms. The van der Waals surface area contributed by atoms with Crippen LogP contribution in [0.15, 0.2) is 69.9 Å². The van der Waals surface area contributed by atoms with E-state index in [0.29, 0.717) is 32.6 Å². The Kier molecular flexibility index (Phi) is 8.26. The van der Waals surface area contributed by atoms with Crippen LogP contribution in [0.2, 0.25) is 10.3 Å². The Bertz CT molecular complexity index is 1760. The molecule has 0 spiro atoms. The number of aliphatic carboxylic acids is 1. The fraction of sp³-hybridized carbons (Fsp3) is 0.179. The van der Waals surface area contributed by atoms with Gasteiger partial charge in [-0.2, -0.15) is 0 Å². The van der Waals surface area contributed by atoms with E-state index in [9.17, 15) is 4.79 Å². The van der Waals surface area contributed by atoms with E-state index in [2.05, 4.69) is 50.9 Å². The van der Waals surface area contributed by atoms with Crippen molar-refractivity contribution in [3.63, 3.8) is 0 Å². The van der Waals surface area contributed by atoms with E-state index < -0.39 is 11.6 Å². The third kappa shape index (κ3) is 6.00. The molecule has 0 aliphatic carbocycles. The first-order valence-electron chi connectivity index (χ1n) is 11.4. The van der Waals surface area contributed by atoms with Gasteiger partial charge in [-0.3, -0.25) is 4.79 Å². The van der Waals surface area contributed by atoms with Crippen LogP contribution in [-0.2, 0) is 38.5 Å². The van der Waals surface area contributed by atoms with Gasteiger partial charge in [0.2, 0.25) is 0 Å². The molecule has 0 radical (unpaired) electrons. The second kappa shape index (κ2) is 11.3. The van der Waals surface area contributed by atoms with Crippen LogP contribution < -0.4 is 5.63 Å². The number of benzene rings is 3. The van der Waals surface area contributed by atoms with E-state index in [1.807, 2.05) is 47.2 Å². The molecule has 2 aromatic heterocycles. The summed E-state index contributed by atoms with van der Waals surface area (Å²) in [6, 6.07) is 20.1. The zero-order chi connectivity index (χ0) is 26.9. The number of carbonyl (C=O) groups is 1. The van der Waals surface area contributed by atoms with Crippen molar-refractivity contribution in [2.75, 3.05) is 0 Å². The summed E-state index contributed by atoms with van der Waals surface area (Å²) in [5.41, 5.74) is 4.14. The van der Waals surface area contributed by atoms with Crippen LogP contribution in [0.5, 0.6) is 0 Å². The number of carboxylic acid groups (broad SMARTS) is 1. The summed E-state index contributed by atoms with van der Waals surface area (Å²) < 4.78 is 9.98. The summed E-state index contributed by atoms with van der Waals surface area (Å²) >= 11 is 17.0. The van der Waals surface area contributed by atoms with E-state index in [-0.39, 0.29) is 0 Å². The quantitative estimate of drug-likeness (QED) is 0.176. The second-order valence-corrected chi connectivity index (χ2v) is 10.1. The molecule has 0 fully saturated rings. The van der Waals surface area contributed by atoms with Crippen LogP contribution in [0.1, 0.15) is 29.2 Å². The molecule has 195 valence electrons. The fourth-order valence-electron chi connectivity index (χ4n) is 4.27. The average Bonchev–Trinajstić information content (AvgIpc) is 3.03. The molecule has 0 unspecified atom stereocenters. The molecule has 5 rings (SSSR count). The van der Waals surface area contributed by atoms with Crippen LogP contribution in [0, 0.1) is 17.5 Å². The maximum atomic E-state index is 12.3. The second-order valence-electron chi connectivity index (χ2n) is 8.74. The van der Waals surface area contributed by atoms with Gasteiger partial charge >= 0.3 is 213 Å². The van der Waals surface area contributed by atoms with E-state index in [1.165, 1.54) is 16.8 Å². The van der Waals surface area contributed by atoms with E-state index in [4.69, 9.17) is 37.5 Å². The number of halogens is 2. The molecule has 0 atom stereocenters. The Morgan fingerprint density at radius 1 is 0.946 bits per heavy atom. The standard InChI is InChI=1S/C26H20Cl2N2O2.C2H4O2.Ag/c1-16-9-17(2)24-22(10-16)21(12-23(31)32-24)14-30-15-29(25(27)26(30)28)13-18-7-8-19-5-3-4-6-20(19)11-18;1-2(3)4;/h3-12H,13-14H2,1-2H3;1H3,(H,3,4);. The Balaban J connectivity index is 0.000000747. The Labute approximate surface area is 235 Å². The van der Waals surface area contributed by atoms with Gasteiger partial charge in [0.25, 0.3) is 5.97 Å². The minimum atomic E-state index is -0.833. The molecule has 5 aromatic rings. The number of aromatic nitrogens is 2. The first-order chi connectivity index (χ1) is 17.5. The Hall–Kier alpha value is -2.87. The normalized spacial score (nSPS) is 11.0. The summed E-state index contributed by atoms with van der Waals surface area (Å²) in [4.78, 5) is 21.3. The average molecular weight is 631 g/mol. The van der Waals surface area contributed by atoms with Gasteiger partial charge in [0.15, 0.2) is 0 Å². The van der Waals surface area contributed by atoms with Gasteiger partial charge in [-0.1, -0.05) is 0 Å².